The van der Waals surface area contributed by atoms with Gasteiger partial charge >= 0.3 is 0 Å². The summed E-state index contributed by atoms with van der Waals surface area (Å²) in [7, 11) is 0. The average molecular weight is 292 g/mol. The van der Waals surface area contributed by atoms with Gasteiger partial charge in [0.25, 0.3) is 5.91 Å². The maximum atomic E-state index is 13.1. The second-order valence-corrected chi connectivity index (χ2v) is 4.76. The number of benzene rings is 2. The van der Waals surface area contributed by atoms with Crippen LogP contribution in [0.1, 0.15) is 15.9 Å². The van der Waals surface area contributed by atoms with Crippen LogP contribution in [0.25, 0.3) is 0 Å². The van der Waals surface area contributed by atoms with Crippen LogP contribution in [0.15, 0.2) is 30.3 Å². The van der Waals surface area contributed by atoms with Gasteiger partial charge in [-0.2, -0.15) is 0 Å². The summed E-state index contributed by atoms with van der Waals surface area (Å²) in [6.07, 6.45) is 0.816. The minimum Gasteiger partial charge on any atom is -0.384 e. The highest BCUT2D eigenvalue weighted by Crippen LogP contribution is 2.24. The SMILES string of the molecule is O=C(Nc1cc(F)c(F)c(F)c1)c1ccc2c(c1)CCN2. The normalized spacial score (nSPS) is 12.7. The maximum absolute atomic E-state index is 13.1. The van der Waals surface area contributed by atoms with E-state index in [9.17, 15) is 18.0 Å². The number of rotatable bonds is 2. The van der Waals surface area contributed by atoms with Gasteiger partial charge in [-0.05, 0) is 30.2 Å². The zero-order valence-corrected chi connectivity index (χ0v) is 10.8. The van der Waals surface area contributed by atoms with E-state index >= 15 is 0 Å². The van der Waals surface area contributed by atoms with Crippen LogP contribution in [0.5, 0.6) is 0 Å². The molecule has 0 saturated carbocycles. The molecular weight excluding hydrogens is 281 g/mol. The fraction of sp³-hybridized carbons (Fsp3) is 0.133. The van der Waals surface area contributed by atoms with Gasteiger partial charge in [0.15, 0.2) is 17.5 Å². The molecule has 0 spiro atoms. The van der Waals surface area contributed by atoms with E-state index in [1.807, 2.05) is 0 Å². The molecule has 1 heterocycles. The first kappa shape index (κ1) is 13.5. The summed E-state index contributed by atoms with van der Waals surface area (Å²) >= 11 is 0. The third-order valence-corrected chi connectivity index (χ3v) is 3.32. The Labute approximate surface area is 118 Å². The van der Waals surface area contributed by atoms with E-state index in [1.54, 1.807) is 18.2 Å². The molecule has 1 amide bonds. The van der Waals surface area contributed by atoms with Crippen molar-refractivity contribution in [3.05, 3.63) is 58.9 Å². The van der Waals surface area contributed by atoms with Crippen LogP contribution in [0.3, 0.4) is 0 Å². The van der Waals surface area contributed by atoms with E-state index in [4.69, 9.17) is 0 Å². The Bertz CT molecular complexity index is 708. The standard InChI is InChI=1S/C15H11F3N2O/c16-11-6-10(7-12(17)14(11)18)20-15(21)9-1-2-13-8(5-9)3-4-19-13/h1-2,5-7,19H,3-4H2,(H,20,21). The smallest absolute Gasteiger partial charge is 0.255 e. The second-order valence-electron chi connectivity index (χ2n) is 4.76. The van der Waals surface area contributed by atoms with Crippen LogP contribution in [-0.4, -0.2) is 12.5 Å². The zero-order chi connectivity index (χ0) is 15.0. The molecule has 2 aromatic rings. The molecule has 108 valence electrons. The lowest BCUT2D eigenvalue weighted by atomic mass is 10.1. The Morgan fingerprint density at radius 1 is 1.10 bits per heavy atom. The fourth-order valence-electron chi connectivity index (χ4n) is 2.28. The average Bonchev–Trinajstić information content (AvgIpc) is 2.91. The minimum atomic E-state index is -1.56. The van der Waals surface area contributed by atoms with Crippen LogP contribution in [0.4, 0.5) is 24.5 Å². The highest BCUT2D eigenvalue weighted by atomic mass is 19.2. The summed E-state index contributed by atoms with van der Waals surface area (Å²) in [5, 5.41) is 5.52. The number of halogens is 3. The number of fused-ring (bicyclic) bond motifs is 1. The van der Waals surface area contributed by atoms with E-state index in [2.05, 4.69) is 10.6 Å². The Morgan fingerprint density at radius 2 is 1.81 bits per heavy atom. The van der Waals surface area contributed by atoms with Crippen molar-refractivity contribution >= 4 is 17.3 Å². The molecule has 1 aliphatic rings. The van der Waals surface area contributed by atoms with E-state index in [0.717, 1.165) is 36.3 Å². The number of hydrogen-bond acceptors (Lipinski definition) is 2. The lowest BCUT2D eigenvalue weighted by molar-refractivity contribution is 0.102. The predicted octanol–water partition coefficient (Wildman–Crippen LogP) is 3.32. The fourth-order valence-corrected chi connectivity index (χ4v) is 2.28. The third-order valence-electron chi connectivity index (χ3n) is 3.32. The molecule has 0 aliphatic carbocycles. The summed E-state index contributed by atoms with van der Waals surface area (Å²) in [6.45, 7) is 0.814. The summed E-state index contributed by atoms with van der Waals surface area (Å²) in [5.74, 6) is -4.75. The summed E-state index contributed by atoms with van der Waals surface area (Å²) < 4.78 is 39.0. The molecule has 2 aromatic carbocycles. The van der Waals surface area contributed by atoms with E-state index < -0.39 is 23.4 Å². The van der Waals surface area contributed by atoms with Gasteiger partial charge in [-0.15, -0.1) is 0 Å². The van der Waals surface area contributed by atoms with E-state index in [-0.39, 0.29) is 5.69 Å². The molecule has 0 aromatic heterocycles. The van der Waals surface area contributed by atoms with Gasteiger partial charge in [0.2, 0.25) is 0 Å². The number of nitrogens with one attached hydrogen (secondary N) is 2. The van der Waals surface area contributed by atoms with E-state index in [1.165, 1.54) is 0 Å². The Kier molecular flexibility index (Phi) is 3.29. The summed E-state index contributed by atoms with van der Waals surface area (Å²) in [6, 6.07) is 6.60. The molecule has 3 rings (SSSR count). The lowest BCUT2D eigenvalue weighted by Gasteiger charge is -2.08. The van der Waals surface area contributed by atoms with Crippen molar-refractivity contribution in [2.45, 2.75) is 6.42 Å². The van der Waals surface area contributed by atoms with Crippen molar-refractivity contribution in [1.29, 1.82) is 0 Å². The van der Waals surface area contributed by atoms with Gasteiger partial charge in [0, 0.05) is 35.6 Å². The maximum Gasteiger partial charge on any atom is 0.255 e. The van der Waals surface area contributed by atoms with Crippen LogP contribution in [0.2, 0.25) is 0 Å². The van der Waals surface area contributed by atoms with Crippen molar-refractivity contribution in [3.63, 3.8) is 0 Å². The number of carbonyl (C=O) groups is 1. The van der Waals surface area contributed by atoms with Crippen LogP contribution in [0, 0.1) is 17.5 Å². The molecule has 0 saturated heterocycles. The molecule has 0 fully saturated rings. The van der Waals surface area contributed by atoms with Gasteiger partial charge < -0.3 is 10.6 Å². The summed E-state index contributed by atoms with van der Waals surface area (Å²) in [4.78, 5) is 12.1. The van der Waals surface area contributed by atoms with Gasteiger partial charge in [0.1, 0.15) is 0 Å². The van der Waals surface area contributed by atoms with Crippen molar-refractivity contribution in [2.24, 2.45) is 0 Å². The Hall–Kier alpha value is -2.50. The molecule has 3 nitrogen and oxygen atoms in total. The molecule has 2 N–H and O–H groups in total. The first-order valence-corrected chi connectivity index (χ1v) is 6.37. The van der Waals surface area contributed by atoms with Gasteiger partial charge in [-0.1, -0.05) is 0 Å². The number of hydrogen-bond donors (Lipinski definition) is 2. The largest absolute Gasteiger partial charge is 0.384 e. The number of anilines is 2. The molecule has 6 heteroatoms. The van der Waals surface area contributed by atoms with Crippen LogP contribution < -0.4 is 10.6 Å². The van der Waals surface area contributed by atoms with Gasteiger partial charge in [0.05, 0.1) is 0 Å². The van der Waals surface area contributed by atoms with Crippen LogP contribution in [-0.2, 0) is 6.42 Å². The molecule has 1 aliphatic heterocycles. The highest BCUT2D eigenvalue weighted by molar-refractivity contribution is 6.04. The Morgan fingerprint density at radius 3 is 2.52 bits per heavy atom. The number of amides is 1. The lowest BCUT2D eigenvalue weighted by Crippen LogP contribution is -2.13. The summed E-state index contributed by atoms with van der Waals surface area (Å²) in [5.41, 5.74) is 2.24. The molecule has 21 heavy (non-hydrogen) atoms. The monoisotopic (exact) mass is 292 g/mol. The first-order chi connectivity index (χ1) is 10.0. The van der Waals surface area contributed by atoms with Gasteiger partial charge in [-0.25, -0.2) is 13.2 Å². The molecule has 0 radical (unpaired) electrons. The van der Waals surface area contributed by atoms with Crippen molar-refractivity contribution in [1.82, 2.24) is 0 Å². The van der Waals surface area contributed by atoms with E-state index in [0.29, 0.717) is 5.56 Å². The quantitative estimate of drug-likeness (QED) is 0.834. The Balaban J connectivity index is 1.83. The molecule has 0 atom stereocenters. The topological polar surface area (TPSA) is 41.1 Å². The van der Waals surface area contributed by atoms with Crippen molar-refractivity contribution < 1.29 is 18.0 Å². The number of carbonyl (C=O) groups excluding carboxylic acids is 1. The second kappa shape index (κ2) is 5.12. The molecule has 0 unspecified atom stereocenters. The first-order valence-electron chi connectivity index (χ1n) is 6.37. The zero-order valence-electron chi connectivity index (χ0n) is 10.8. The highest BCUT2D eigenvalue weighted by Gasteiger charge is 2.15. The molecular formula is C15H11F3N2O. The van der Waals surface area contributed by atoms with Gasteiger partial charge in [-0.3, -0.25) is 4.79 Å². The van der Waals surface area contributed by atoms with Crippen molar-refractivity contribution in [3.8, 4) is 0 Å². The minimum absolute atomic E-state index is 0.130. The van der Waals surface area contributed by atoms with Crippen molar-refractivity contribution in [2.75, 3.05) is 17.2 Å². The van der Waals surface area contributed by atoms with Crippen LogP contribution >= 0.6 is 0 Å². The third kappa shape index (κ3) is 2.56. The molecule has 0 bridgehead atoms. The predicted molar refractivity (Wildman–Crippen MR) is 72.9 cm³/mol.